The zero-order valence-electron chi connectivity index (χ0n) is 13.4. The first kappa shape index (κ1) is 16.7. The molecule has 0 fully saturated rings. The Hall–Kier alpha value is -1.26. The van der Waals surface area contributed by atoms with E-state index in [1.165, 1.54) is 0 Å². The average molecular weight is 256 g/mol. The van der Waals surface area contributed by atoms with Crippen molar-refractivity contribution in [3.63, 3.8) is 0 Å². The van der Waals surface area contributed by atoms with Crippen molar-refractivity contribution in [2.45, 2.75) is 39.8 Å². The van der Waals surface area contributed by atoms with Gasteiger partial charge in [0, 0.05) is 19.1 Å². The molecule has 1 N–H and O–H groups in total. The van der Waals surface area contributed by atoms with Crippen LogP contribution in [-0.2, 0) is 0 Å². The van der Waals surface area contributed by atoms with Crippen molar-refractivity contribution in [3.05, 3.63) is 0 Å². The third-order valence-corrected chi connectivity index (χ3v) is 2.56. The summed E-state index contributed by atoms with van der Waals surface area (Å²) in [7, 11) is 10.1. The fraction of sp³-hybridized carbons (Fsp3) is 0.846. The minimum Gasteiger partial charge on any atom is -0.330 e. The molecule has 0 aliphatic heterocycles. The van der Waals surface area contributed by atoms with Crippen molar-refractivity contribution in [2.75, 3.05) is 35.2 Å². The minimum atomic E-state index is 0.263. The predicted molar refractivity (Wildman–Crippen MR) is 79.4 cm³/mol. The first-order valence-corrected chi connectivity index (χ1v) is 6.46. The Balaban J connectivity index is 5.20. The van der Waals surface area contributed by atoms with Gasteiger partial charge < -0.3 is 4.90 Å². The van der Waals surface area contributed by atoms with Gasteiger partial charge >= 0.3 is 5.96 Å². The summed E-state index contributed by atoms with van der Waals surface area (Å²) >= 11 is 0. The fourth-order valence-electron chi connectivity index (χ4n) is 1.42. The van der Waals surface area contributed by atoms with E-state index in [0.29, 0.717) is 6.04 Å². The van der Waals surface area contributed by atoms with Crippen molar-refractivity contribution in [2.24, 2.45) is 4.99 Å². The zero-order valence-corrected chi connectivity index (χ0v) is 13.4. The summed E-state index contributed by atoms with van der Waals surface area (Å²) in [5.74, 6) is 1.92. The van der Waals surface area contributed by atoms with E-state index in [2.05, 4.69) is 50.0 Å². The fourth-order valence-corrected chi connectivity index (χ4v) is 1.42. The number of rotatable bonds is 2. The number of hydrogen-bond acceptors (Lipinski definition) is 1. The third-order valence-electron chi connectivity index (χ3n) is 2.56. The Morgan fingerprint density at radius 2 is 1.56 bits per heavy atom. The highest BCUT2D eigenvalue weighted by molar-refractivity contribution is 5.96. The average Bonchev–Trinajstić information content (AvgIpc) is 2.21. The van der Waals surface area contributed by atoms with Crippen LogP contribution in [0.15, 0.2) is 4.99 Å². The molecular formula is C13H30N5+. The van der Waals surface area contributed by atoms with Gasteiger partial charge in [-0.25, -0.2) is 10.3 Å². The number of nitrogens with one attached hydrogen (secondary N) is 1. The normalized spacial score (nSPS) is 11.8. The number of guanidine groups is 2. The van der Waals surface area contributed by atoms with E-state index in [0.717, 1.165) is 11.9 Å². The quantitative estimate of drug-likeness (QED) is 0.452. The van der Waals surface area contributed by atoms with Gasteiger partial charge in [0.05, 0.1) is 28.2 Å². The molecule has 0 saturated heterocycles. The van der Waals surface area contributed by atoms with Crippen LogP contribution >= 0.6 is 0 Å². The van der Waals surface area contributed by atoms with Crippen LogP contribution in [0.1, 0.15) is 27.7 Å². The molecule has 0 aliphatic rings. The molecule has 0 saturated carbocycles. The maximum Gasteiger partial charge on any atom is 0.354 e. The molecule has 0 heterocycles. The lowest BCUT2D eigenvalue weighted by molar-refractivity contribution is -0.471. The Morgan fingerprint density at radius 1 is 1.06 bits per heavy atom. The second-order valence-electron chi connectivity index (χ2n) is 5.49. The van der Waals surface area contributed by atoms with Crippen LogP contribution in [0.25, 0.3) is 0 Å². The molecule has 5 heteroatoms. The van der Waals surface area contributed by atoms with Gasteiger partial charge in [0.15, 0.2) is 0 Å². The van der Waals surface area contributed by atoms with Gasteiger partial charge in [0.1, 0.15) is 0 Å². The molecule has 5 nitrogen and oxygen atoms in total. The summed E-state index contributed by atoms with van der Waals surface area (Å²) in [6, 6.07) is 0.667. The molecule has 0 spiro atoms. The maximum absolute atomic E-state index is 4.66. The van der Waals surface area contributed by atoms with Crippen LogP contribution in [0, 0.1) is 0 Å². The van der Waals surface area contributed by atoms with E-state index in [1.807, 2.05) is 37.7 Å². The Labute approximate surface area is 112 Å². The lowest BCUT2D eigenvalue weighted by atomic mass is 10.3. The van der Waals surface area contributed by atoms with Crippen molar-refractivity contribution >= 4 is 11.9 Å². The van der Waals surface area contributed by atoms with E-state index in [-0.39, 0.29) is 6.04 Å². The molecule has 0 radical (unpaired) electrons. The SMILES string of the molecule is CC(C)N=C(NC(N(C)C)=[N+](C)C)N(C)C(C)C. The van der Waals surface area contributed by atoms with E-state index < -0.39 is 0 Å². The molecule has 0 aromatic carbocycles. The van der Waals surface area contributed by atoms with Gasteiger partial charge in [0.25, 0.3) is 5.96 Å². The van der Waals surface area contributed by atoms with Crippen molar-refractivity contribution in [1.29, 1.82) is 0 Å². The van der Waals surface area contributed by atoms with E-state index in [4.69, 9.17) is 0 Å². The summed E-state index contributed by atoms with van der Waals surface area (Å²) < 4.78 is 2.05. The highest BCUT2D eigenvalue weighted by Gasteiger charge is 2.20. The largest absolute Gasteiger partial charge is 0.354 e. The molecule has 0 unspecified atom stereocenters. The third kappa shape index (κ3) is 5.38. The summed E-state index contributed by atoms with van der Waals surface area (Å²) in [4.78, 5) is 8.85. The van der Waals surface area contributed by atoms with Crippen molar-refractivity contribution in [3.8, 4) is 0 Å². The number of nitrogens with zero attached hydrogens (tertiary/aromatic N) is 4. The van der Waals surface area contributed by atoms with Gasteiger partial charge in [-0.05, 0) is 27.7 Å². The molecule has 18 heavy (non-hydrogen) atoms. The summed E-state index contributed by atoms with van der Waals surface area (Å²) in [6.07, 6.45) is 0. The molecule has 0 aromatic heterocycles. The van der Waals surface area contributed by atoms with Crippen LogP contribution in [0.5, 0.6) is 0 Å². The van der Waals surface area contributed by atoms with E-state index in [1.54, 1.807) is 0 Å². The zero-order chi connectivity index (χ0) is 14.5. The van der Waals surface area contributed by atoms with Gasteiger partial charge in [-0.3, -0.25) is 9.48 Å². The second kappa shape index (κ2) is 7.24. The molecule has 0 aliphatic carbocycles. The van der Waals surface area contributed by atoms with Crippen molar-refractivity contribution in [1.82, 2.24) is 15.1 Å². The highest BCUT2D eigenvalue weighted by atomic mass is 15.4. The van der Waals surface area contributed by atoms with Crippen LogP contribution in [0.4, 0.5) is 0 Å². The molecule has 0 amide bonds. The van der Waals surface area contributed by atoms with E-state index >= 15 is 0 Å². The molecular weight excluding hydrogens is 226 g/mol. The van der Waals surface area contributed by atoms with Crippen LogP contribution < -0.4 is 5.32 Å². The highest BCUT2D eigenvalue weighted by Crippen LogP contribution is 1.98. The van der Waals surface area contributed by atoms with Gasteiger partial charge in [-0.1, -0.05) is 0 Å². The lowest BCUT2D eigenvalue weighted by Gasteiger charge is -2.25. The minimum absolute atomic E-state index is 0.263. The lowest BCUT2D eigenvalue weighted by Crippen LogP contribution is -2.52. The number of aliphatic imine (C=N–C) groups is 1. The maximum atomic E-state index is 4.66. The molecule has 0 bridgehead atoms. The monoisotopic (exact) mass is 256 g/mol. The molecule has 106 valence electrons. The second-order valence-corrected chi connectivity index (χ2v) is 5.49. The Morgan fingerprint density at radius 3 is 1.83 bits per heavy atom. The summed E-state index contributed by atoms with van der Waals surface area (Å²) in [6.45, 7) is 8.48. The van der Waals surface area contributed by atoms with E-state index in [9.17, 15) is 0 Å². The first-order chi connectivity index (χ1) is 8.16. The van der Waals surface area contributed by atoms with Gasteiger partial charge in [0.2, 0.25) is 0 Å². The number of hydrogen-bond donors (Lipinski definition) is 1. The summed E-state index contributed by atoms with van der Waals surface area (Å²) in [5, 5.41) is 3.41. The molecule has 0 aromatic rings. The van der Waals surface area contributed by atoms with Crippen LogP contribution in [0.3, 0.4) is 0 Å². The molecule has 0 atom stereocenters. The molecule has 0 rings (SSSR count). The van der Waals surface area contributed by atoms with Crippen molar-refractivity contribution < 1.29 is 4.58 Å². The topological polar surface area (TPSA) is 33.9 Å². The van der Waals surface area contributed by atoms with Gasteiger partial charge in [-0.15, -0.1) is 0 Å². The predicted octanol–water partition coefficient (Wildman–Crippen LogP) is 0.870. The first-order valence-electron chi connectivity index (χ1n) is 6.46. The van der Waals surface area contributed by atoms with Crippen LogP contribution in [0.2, 0.25) is 0 Å². The van der Waals surface area contributed by atoms with Crippen LogP contribution in [-0.4, -0.2) is 73.6 Å². The standard InChI is InChI=1S/C13H29N5/c1-10(2)14-12(18(9)11(3)4)15-13(16(5)6)17(7)8/h10-11H,1-9H3/p+1. The smallest absolute Gasteiger partial charge is 0.330 e. The Bertz CT molecular complexity index is 311. The van der Waals surface area contributed by atoms with Gasteiger partial charge in [-0.2, -0.15) is 0 Å². The summed E-state index contributed by atoms with van der Waals surface area (Å²) in [5.41, 5.74) is 0. The Kier molecular flexibility index (Phi) is 6.73.